The Morgan fingerprint density at radius 1 is 0.900 bits per heavy atom. The van der Waals surface area contributed by atoms with Crippen LogP contribution in [0.15, 0.2) is 24.3 Å². The monoisotopic (exact) mass is 432 g/mol. The minimum atomic E-state index is -0.697. The SMILES string of the molecule is C=C(C)C(=O)OCCOCC(CC(CO)OCC(C)OCC(C)O)OC(=O)C(=C)C. The van der Waals surface area contributed by atoms with Crippen molar-refractivity contribution in [1.29, 1.82) is 0 Å². The molecule has 0 aromatic rings. The summed E-state index contributed by atoms with van der Waals surface area (Å²) in [5.74, 6) is -1.09. The topological polar surface area (TPSA) is 121 Å². The van der Waals surface area contributed by atoms with Gasteiger partial charge >= 0.3 is 11.9 Å². The third kappa shape index (κ3) is 14.2. The summed E-state index contributed by atoms with van der Waals surface area (Å²) in [6, 6.07) is 0. The summed E-state index contributed by atoms with van der Waals surface area (Å²) >= 11 is 0. The first-order valence-electron chi connectivity index (χ1n) is 9.85. The van der Waals surface area contributed by atoms with Gasteiger partial charge in [-0.2, -0.15) is 0 Å². The molecule has 0 fully saturated rings. The molecule has 0 radical (unpaired) electrons. The van der Waals surface area contributed by atoms with Crippen LogP contribution >= 0.6 is 0 Å². The van der Waals surface area contributed by atoms with E-state index in [2.05, 4.69) is 13.2 Å². The second kappa shape index (κ2) is 16.0. The molecule has 30 heavy (non-hydrogen) atoms. The van der Waals surface area contributed by atoms with Crippen molar-refractivity contribution in [2.75, 3.05) is 39.6 Å². The van der Waals surface area contributed by atoms with E-state index in [1.54, 1.807) is 20.8 Å². The van der Waals surface area contributed by atoms with Gasteiger partial charge in [0, 0.05) is 17.6 Å². The average Bonchev–Trinajstić information content (AvgIpc) is 2.68. The number of aliphatic hydroxyl groups is 2. The molecule has 0 aromatic heterocycles. The fraction of sp³-hybridized carbons (Fsp3) is 0.714. The lowest BCUT2D eigenvalue weighted by Crippen LogP contribution is -2.33. The van der Waals surface area contributed by atoms with Gasteiger partial charge in [-0.25, -0.2) is 9.59 Å². The third-order valence-corrected chi connectivity index (χ3v) is 3.65. The van der Waals surface area contributed by atoms with E-state index >= 15 is 0 Å². The van der Waals surface area contributed by atoms with Crippen LogP contribution in [0.4, 0.5) is 0 Å². The zero-order chi connectivity index (χ0) is 23.1. The molecule has 0 heterocycles. The molecule has 0 bridgehead atoms. The van der Waals surface area contributed by atoms with Crippen LogP contribution in [0, 0.1) is 0 Å². The predicted octanol–water partition coefficient (Wildman–Crippen LogP) is 1.16. The number of rotatable bonds is 17. The smallest absolute Gasteiger partial charge is 0.333 e. The van der Waals surface area contributed by atoms with Gasteiger partial charge in [0.25, 0.3) is 0 Å². The Morgan fingerprint density at radius 2 is 1.53 bits per heavy atom. The van der Waals surface area contributed by atoms with Crippen LogP contribution in [-0.4, -0.2) is 86.2 Å². The number of carbonyl (C=O) groups is 2. The first-order chi connectivity index (χ1) is 14.1. The van der Waals surface area contributed by atoms with E-state index in [0.29, 0.717) is 0 Å². The molecule has 0 spiro atoms. The lowest BCUT2D eigenvalue weighted by Gasteiger charge is -2.24. The summed E-state index contributed by atoms with van der Waals surface area (Å²) in [7, 11) is 0. The molecule has 9 nitrogen and oxygen atoms in total. The fourth-order valence-corrected chi connectivity index (χ4v) is 2.05. The van der Waals surface area contributed by atoms with Crippen molar-refractivity contribution in [2.45, 2.75) is 58.5 Å². The molecular weight excluding hydrogens is 396 g/mol. The van der Waals surface area contributed by atoms with E-state index in [1.807, 2.05) is 0 Å². The van der Waals surface area contributed by atoms with Crippen LogP contribution in [0.5, 0.6) is 0 Å². The van der Waals surface area contributed by atoms with Crippen molar-refractivity contribution in [1.82, 2.24) is 0 Å². The largest absolute Gasteiger partial charge is 0.460 e. The van der Waals surface area contributed by atoms with Gasteiger partial charge in [-0.05, 0) is 27.7 Å². The maximum absolute atomic E-state index is 11.9. The normalized spacial score (nSPS) is 15.0. The average molecular weight is 433 g/mol. The van der Waals surface area contributed by atoms with Gasteiger partial charge in [-0.1, -0.05) is 13.2 Å². The number of esters is 2. The van der Waals surface area contributed by atoms with Crippen molar-refractivity contribution < 1.29 is 43.5 Å². The van der Waals surface area contributed by atoms with Crippen LogP contribution in [-0.2, 0) is 33.3 Å². The lowest BCUT2D eigenvalue weighted by molar-refractivity contribution is -0.152. The van der Waals surface area contributed by atoms with Crippen LogP contribution in [0.3, 0.4) is 0 Å². The maximum atomic E-state index is 11.9. The Hall–Kier alpha value is -1.78. The second-order valence-electron chi connectivity index (χ2n) is 7.17. The molecule has 0 aliphatic rings. The Kier molecular flexibility index (Phi) is 15.0. The van der Waals surface area contributed by atoms with Crippen molar-refractivity contribution in [3.63, 3.8) is 0 Å². The van der Waals surface area contributed by atoms with Gasteiger partial charge in [0.15, 0.2) is 0 Å². The highest BCUT2D eigenvalue weighted by molar-refractivity contribution is 5.87. The molecule has 4 atom stereocenters. The number of carbonyl (C=O) groups excluding carboxylic acids is 2. The molecule has 0 amide bonds. The Morgan fingerprint density at radius 3 is 2.07 bits per heavy atom. The quantitative estimate of drug-likeness (QED) is 0.198. The van der Waals surface area contributed by atoms with Crippen molar-refractivity contribution in [3.05, 3.63) is 24.3 Å². The number of hydrogen-bond donors (Lipinski definition) is 2. The molecule has 9 heteroatoms. The molecule has 174 valence electrons. The second-order valence-corrected chi connectivity index (χ2v) is 7.17. The molecule has 2 N–H and O–H groups in total. The van der Waals surface area contributed by atoms with E-state index in [4.69, 9.17) is 23.7 Å². The minimum Gasteiger partial charge on any atom is -0.460 e. The summed E-state index contributed by atoms with van der Waals surface area (Å²) in [5, 5.41) is 18.8. The van der Waals surface area contributed by atoms with E-state index in [0.717, 1.165) is 0 Å². The van der Waals surface area contributed by atoms with Gasteiger partial charge in [-0.15, -0.1) is 0 Å². The molecule has 0 rings (SSSR count). The molecule has 0 saturated carbocycles. The highest BCUT2D eigenvalue weighted by Crippen LogP contribution is 2.11. The van der Waals surface area contributed by atoms with Crippen LogP contribution < -0.4 is 0 Å². The Balaban J connectivity index is 4.57. The lowest BCUT2D eigenvalue weighted by atomic mass is 10.1. The summed E-state index contributed by atoms with van der Waals surface area (Å²) in [6.45, 7) is 13.7. The summed E-state index contributed by atoms with van der Waals surface area (Å²) in [4.78, 5) is 23.2. The molecule has 0 aromatic carbocycles. The van der Waals surface area contributed by atoms with Crippen molar-refractivity contribution >= 4 is 11.9 Å². The highest BCUT2D eigenvalue weighted by atomic mass is 16.6. The van der Waals surface area contributed by atoms with Crippen LogP contribution in [0.25, 0.3) is 0 Å². The van der Waals surface area contributed by atoms with E-state index in [1.165, 1.54) is 6.92 Å². The standard InChI is InChI=1S/C21H36O9/c1-14(2)20(24)27-8-7-26-13-19(30-21(25)15(3)4)9-18(10-22)29-12-17(6)28-11-16(5)23/h16-19,22-23H,1,3,7-13H2,2,4-6H3. The van der Waals surface area contributed by atoms with Crippen LogP contribution in [0.2, 0.25) is 0 Å². The van der Waals surface area contributed by atoms with Crippen LogP contribution in [0.1, 0.15) is 34.1 Å². The Bertz CT molecular complexity index is 545. The van der Waals surface area contributed by atoms with Gasteiger partial charge in [-0.3, -0.25) is 0 Å². The van der Waals surface area contributed by atoms with E-state index in [9.17, 15) is 19.8 Å². The van der Waals surface area contributed by atoms with Gasteiger partial charge in [0.1, 0.15) is 12.7 Å². The van der Waals surface area contributed by atoms with Gasteiger partial charge in [0.2, 0.25) is 0 Å². The third-order valence-electron chi connectivity index (χ3n) is 3.65. The number of ether oxygens (including phenoxy) is 5. The van der Waals surface area contributed by atoms with E-state index in [-0.39, 0.29) is 63.3 Å². The maximum Gasteiger partial charge on any atom is 0.333 e. The highest BCUT2D eigenvalue weighted by Gasteiger charge is 2.22. The number of aliphatic hydroxyl groups excluding tert-OH is 2. The van der Waals surface area contributed by atoms with E-state index < -0.39 is 30.3 Å². The molecule has 4 unspecified atom stereocenters. The molecule has 0 saturated heterocycles. The predicted molar refractivity (Wildman–Crippen MR) is 110 cm³/mol. The molecule has 0 aliphatic heterocycles. The zero-order valence-electron chi connectivity index (χ0n) is 18.4. The van der Waals surface area contributed by atoms with Gasteiger partial charge in [0.05, 0.1) is 51.3 Å². The van der Waals surface area contributed by atoms with Gasteiger partial charge < -0.3 is 33.9 Å². The Labute approximate surface area is 178 Å². The number of hydrogen-bond acceptors (Lipinski definition) is 9. The van der Waals surface area contributed by atoms with Crippen molar-refractivity contribution in [3.8, 4) is 0 Å². The molecule has 0 aliphatic carbocycles. The zero-order valence-corrected chi connectivity index (χ0v) is 18.4. The first-order valence-corrected chi connectivity index (χ1v) is 9.85. The summed E-state index contributed by atoms with van der Waals surface area (Å²) in [6.07, 6.45) is -2.00. The summed E-state index contributed by atoms with van der Waals surface area (Å²) < 4.78 is 26.8. The molecular formula is C21H36O9. The minimum absolute atomic E-state index is 0.0254. The summed E-state index contributed by atoms with van der Waals surface area (Å²) in [5.41, 5.74) is 0.523. The fourth-order valence-electron chi connectivity index (χ4n) is 2.05. The first kappa shape index (κ1) is 28.2. The van der Waals surface area contributed by atoms with Crippen molar-refractivity contribution in [2.24, 2.45) is 0 Å².